The Morgan fingerprint density at radius 2 is 1.85 bits per heavy atom. The zero-order valence-electron chi connectivity index (χ0n) is 19.9. The van der Waals surface area contributed by atoms with Crippen molar-refractivity contribution in [2.45, 2.75) is 47.1 Å². The molecule has 0 saturated heterocycles. The van der Waals surface area contributed by atoms with Crippen molar-refractivity contribution in [3.8, 4) is 11.4 Å². The van der Waals surface area contributed by atoms with Crippen LogP contribution in [-0.4, -0.2) is 26.5 Å². The van der Waals surface area contributed by atoms with E-state index in [0.29, 0.717) is 29.0 Å². The number of nitrogens with zero attached hydrogens (tertiary/aromatic N) is 5. The van der Waals surface area contributed by atoms with Crippen molar-refractivity contribution in [2.24, 2.45) is 0 Å². The first-order chi connectivity index (χ1) is 16.2. The maximum Gasteiger partial charge on any atom is 0.137 e. The summed E-state index contributed by atoms with van der Waals surface area (Å²) in [6.45, 7) is 10.9. The van der Waals surface area contributed by atoms with Gasteiger partial charge in [0.25, 0.3) is 0 Å². The van der Waals surface area contributed by atoms with Gasteiger partial charge in [0.05, 0.1) is 39.4 Å². The number of hydrogen-bond donors (Lipinski definition) is 0. The fourth-order valence-corrected chi connectivity index (χ4v) is 4.11. The molecule has 176 valence electrons. The summed E-state index contributed by atoms with van der Waals surface area (Å²) in [4.78, 5) is 20.3. The van der Waals surface area contributed by atoms with Crippen LogP contribution in [0, 0.1) is 13.8 Å². The van der Waals surface area contributed by atoms with Gasteiger partial charge < -0.3 is 9.64 Å². The predicted molar refractivity (Wildman–Crippen MR) is 137 cm³/mol. The van der Waals surface area contributed by atoms with Crippen LogP contribution in [0.1, 0.15) is 49.5 Å². The van der Waals surface area contributed by atoms with E-state index in [-0.39, 0.29) is 5.92 Å². The molecule has 0 spiro atoms. The van der Waals surface area contributed by atoms with Gasteiger partial charge in [-0.3, -0.25) is 9.97 Å². The van der Waals surface area contributed by atoms with Gasteiger partial charge in [-0.05, 0) is 44.5 Å². The molecule has 0 saturated carbocycles. The molecule has 0 aliphatic carbocycles. The molecule has 0 unspecified atom stereocenters. The van der Waals surface area contributed by atoms with Crippen molar-refractivity contribution < 1.29 is 4.74 Å². The molecule has 1 aliphatic rings. The Hall–Kier alpha value is -2.96. The number of allylic oxidation sites excluding steroid dienone is 2. The van der Waals surface area contributed by atoms with Gasteiger partial charge in [0.15, 0.2) is 0 Å². The second-order valence-electron chi connectivity index (χ2n) is 8.64. The lowest BCUT2D eigenvalue weighted by molar-refractivity contribution is 0.204. The van der Waals surface area contributed by atoms with Crippen LogP contribution in [0.2, 0.25) is 5.02 Å². The highest BCUT2D eigenvalue weighted by atomic mass is 35.5. The molecule has 0 N–H and O–H groups in total. The summed E-state index contributed by atoms with van der Waals surface area (Å²) in [5, 5.41) is 1.12. The monoisotopic (exact) mass is 495 g/mol. The topological polar surface area (TPSA) is 64.0 Å². The van der Waals surface area contributed by atoms with Gasteiger partial charge in [0.2, 0.25) is 0 Å². The number of pyridine rings is 2. The molecule has 1 aliphatic heterocycles. The molecule has 3 aromatic heterocycles. The van der Waals surface area contributed by atoms with Crippen molar-refractivity contribution in [3.63, 3.8) is 0 Å². The van der Waals surface area contributed by atoms with E-state index in [4.69, 9.17) is 32.9 Å². The van der Waals surface area contributed by atoms with Gasteiger partial charge in [-0.2, -0.15) is 0 Å². The van der Waals surface area contributed by atoms with Gasteiger partial charge in [-0.1, -0.05) is 43.1 Å². The third kappa shape index (κ3) is 5.24. The molecule has 34 heavy (non-hydrogen) atoms. The van der Waals surface area contributed by atoms with E-state index < -0.39 is 0 Å². The molecule has 0 amide bonds. The summed E-state index contributed by atoms with van der Waals surface area (Å²) in [6, 6.07) is 7.81. The summed E-state index contributed by atoms with van der Waals surface area (Å²) < 4.78 is 5.99. The van der Waals surface area contributed by atoms with Crippen LogP contribution < -0.4 is 4.90 Å². The minimum atomic E-state index is 0.218. The fourth-order valence-electron chi connectivity index (χ4n) is 3.67. The molecule has 4 rings (SSSR count). The molecule has 0 aromatic carbocycles. The third-order valence-electron chi connectivity index (χ3n) is 5.53. The molecule has 0 bridgehead atoms. The van der Waals surface area contributed by atoms with Crippen LogP contribution in [0.3, 0.4) is 0 Å². The number of aryl methyl sites for hydroxylation is 2. The Bertz CT molecular complexity index is 1290. The molecule has 6 nitrogen and oxygen atoms in total. The van der Waals surface area contributed by atoms with E-state index in [1.165, 1.54) is 0 Å². The van der Waals surface area contributed by atoms with Crippen LogP contribution in [0.15, 0.2) is 59.2 Å². The lowest BCUT2D eigenvalue weighted by atomic mass is 10.1. The van der Waals surface area contributed by atoms with Gasteiger partial charge in [-0.15, -0.1) is 0 Å². The summed E-state index contributed by atoms with van der Waals surface area (Å²) in [5.74, 6) is 1.64. The second kappa shape index (κ2) is 10.1. The SMILES string of the molecule is CC1=CC(OCc2cccc(C)n2)=C(Cl)CN1c1cc(-c2nc(C(C)C)ncc2C)ncc1Cl. The van der Waals surface area contributed by atoms with Crippen LogP contribution in [0.5, 0.6) is 0 Å². The zero-order valence-corrected chi connectivity index (χ0v) is 21.4. The molecular weight excluding hydrogens is 469 g/mol. The summed E-state index contributed by atoms with van der Waals surface area (Å²) in [5.41, 5.74) is 6.06. The zero-order chi connectivity index (χ0) is 24.4. The van der Waals surface area contributed by atoms with E-state index in [0.717, 1.165) is 45.5 Å². The van der Waals surface area contributed by atoms with Crippen LogP contribution in [0.4, 0.5) is 5.69 Å². The Kier molecular flexibility index (Phi) is 7.19. The maximum absolute atomic E-state index is 6.65. The maximum atomic E-state index is 6.65. The van der Waals surface area contributed by atoms with E-state index in [1.807, 2.05) is 62.2 Å². The van der Waals surface area contributed by atoms with E-state index >= 15 is 0 Å². The smallest absolute Gasteiger partial charge is 0.137 e. The van der Waals surface area contributed by atoms with Crippen molar-refractivity contribution in [2.75, 3.05) is 11.4 Å². The summed E-state index contributed by atoms with van der Waals surface area (Å²) in [6.07, 6.45) is 5.42. The number of aromatic nitrogens is 4. The number of rotatable bonds is 6. The Morgan fingerprint density at radius 1 is 1.06 bits per heavy atom. The van der Waals surface area contributed by atoms with E-state index in [1.54, 1.807) is 6.20 Å². The van der Waals surface area contributed by atoms with Crippen molar-refractivity contribution in [1.29, 1.82) is 0 Å². The first-order valence-electron chi connectivity index (χ1n) is 11.1. The average Bonchev–Trinajstić information content (AvgIpc) is 2.80. The van der Waals surface area contributed by atoms with Gasteiger partial charge in [0, 0.05) is 35.8 Å². The third-order valence-corrected chi connectivity index (χ3v) is 6.12. The Labute approximate surface area is 210 Å². The first kappa shape index (κ1) is 24.2. The van der Waals surface area contributed by atoms with E-state index in [9.17, 15) is 0 Å². The number of anilines is 1. The molecular formula is C26H27Cl2N5O. The standard InChI is InChI=1S/C26H27Cl2N5O/c1-15(2)26-30-11-16(3)25(32-26)22-10-23(20(27)12-29-22)33-13-21(28)24(9-18(33)5)34-14-19-8-6-7-17(4)31-19/h6-12,15H,13-14H2,1-5H3. The van der Waals surface area contributed by atoms with Crippen LogP contribution in [0.25, 0.3) is 11.4 Å². The fraction of sp³-hybridized carbons (Fsp3) is 0.308. The second-order valence-corrected chi connectivity index (χ2v) is 9.50. The lowest BCUT2D eigenvalue weighted by Crippen LogP contribution is -2.27. The molecule has 0 radical (unpaired) electrons. The largest absolute Gasteiger partial charge is 0.486 e. The highest BCUT2D eigenvalue weighted by Crippen LogP contribution is 2.36. The highest BCUT2D eigenvalue weighted by Gasteiger charge is 2.23. The molecule has 4 heterocycles. The lowest BCUT2D eigenvalue weighted by Gasteiger charge is -2.30. The first-order valence-corrected chi connectivity index (χ1v) is 11.9. The number of halogens is 2. The summed E-state index contributed by atoms with van der Waals surface area (Å²) in [7, 11) is 0. The molecule has 3 aromatic rings. The van der Waals surface area contributed by atoms with Crippen molar-refractivity contribution in [1.82, 2.24) is 19.9 Å². The molecule has 0 atom stereocenters. The van der Waals surface area contributed by atoms with Crippen LogP contribution >= 0.6 is 23.2 Å². The van der Waals surface area contributed by atoms with Crippen LogP contribution in [-0.2, 0) is 11.3 Å². The minimum Gasteiger partial charge on any atom is -0.486 e. The number of hydrogen-bond acceptors (Lipinski definition) is 6. The van der Waals surface area contributed by atoms with Gasteiger partial charge in [0.1, 0.15) is 18.2 Å². The normalized spacial score (nSPS) is 14.0. The average molecular weight is 496 g/mol. The predicted octanol–water partition coefficient (Wildman–Crippen LogP) is 6.72. The quantitative estimate of drug-likeness (QED) is 0.378. The van der Waals surface area contributed by atoms with Crippen molar-refractivity contribution >= 4 is 28.9 Å². The minimum absolute atomic E-state index is 0.218. The van der Waals surface area contributed by atoms with Crippen molar-refractivity contribution in [3.05, 3.63) is 87.0 Å². The summed E-state index contributed by atoms with van der Waals surface area (Å²) >= 11 is 13.2. The number of ether oxygens (including phenoxy) is 1. The molecule has 0 fully saturated rings. The Balaban J connectivity index is 1.60. The highest BCUT2D eigenvalue weighted by molar-refractivity contribution is 6.33. The Morgan fingerprint density at radius 3 is 2.59 bits per heavy atom. The van der Waals surface area contributed by atoms with Gasteiger partial charge in [-0.25, -0.2) is 9.97 Å². The molecule has 8 heteroatoms. The van der Waals surface area contributed by atoms with Gasteiger partial charge >= 0.3 is 0 Å². The van der Waals surface area contributed by atoms with E-state index in [2.05, 4.69) is 28.8 Å².